The molecule has 0 aromatic heterocycles. The standard InChI is InChI=1S/C8H11NO/c1-3-4-7(2)8(5-9)6-10/h6H,3-4H2,1-2H3. The molecule has 10 heavy (non-hydrogen) atoms. The Morgan fingerprint density at radius 3 is 2.60 bits per heavy atom. The highest BCUT2D eigenvalue weighted by atomic mass is 16.1. The molecular weight excluding hydrogens is 126 g/mol. The normalized spacial score (nSPS) is 11.7. The second kappa shape index (κ2) is 4.75. The van der Waals surface area contributed by atoms with Crippen molar-refractivity contribution in [2.75, 3.05) is 0 Å². The zero-order valence-corrected chi connectivity index (χ0v) is 6.35. The van der Waals surface area contributed by atoms with Crippen LogP contribution in [-0.4, -0.2) is 6.29 Å². The third kappa shape index (κ3) is 2.45. The van der Waals surface area contributed by atoms with Crippen molar-refractivity contribution in [1.29, 1.82) is 5.26 Å². The van der Waals surface area contributed by atoms with E-state index < -0.39 is 0 Å². The summed E-state index contributed by atoms with van der Waals surface area (Å²) >= 11 is 0. The maximum absolute atomic E-state index is 10.2. The van der Waals surface area contributed by atoms with E-state index in [1.807, 2.05) is 19.9 Å². The first-order valence-corrected chi connectivity index (χ1v) is 3.31. The van der Waals surface area contributed by atoms with E-state index in [0.717, 1.165) is 18.4 Å². The molecule has 0 aliphatic heterocycles. The molecule has 54 valence electrons. The molecule has 0 amide bonds. The van der Waals surface area contributed by atoms with E-state index in [9.17, 15) is 4.79 Å². The molecule has 0 aromatic rings. The van der Waals surface area contributed by atoms with E-state index in [4.69, 9.17) is 5.26 Å². The van der Waals surface area contributed by atoms with E-state index >= 15 is 0 Å². The van der Waals surface area contributed by atoms with Crippen molar-refractivity contribution in [2.45, 2.75) is 26.7 Å². The molecule has 0 unspecified atom stereocenters. The van der Waals surface area contributed by atoms with Gasteiger partial charge in [0.2, 0.25) is 0 Å². The number of allylic oxidation sites excluding steroid dienone is 2. The van der Waals surface area contributed by atoms with Gasteiger partial charge in [-0.2, -0.15) is 5.26 Å². The van der Waals surface area contributed by atoms with Crippen LogP contribution < -0.4 is 0 Å². The summed E-state index contributed by atoms with van der Waals surface area (Å²) in [5, 5.41) is 8.38. The Hall–Kier alpha value is -1.10. The zero-order chi connectivity index (χ0) is 7.98. The second-order valence-electron chi connectivity index (χ2n) is 2.17. The molecule has 2 nitrogen and oxygen atoms in total. The van der Waals surface area contributed by atoms with Crippen LogP contribution in [0.4, 0.5) is 0 Å². The number of aldehydes is 1. The largest absolute Gasteiger partial charge is 0.297 e. The SMILES string of the molecule is CCCC(C)=C(C#N)C=O. The Morgan fingerprint density at radius 1 is 1.70 bits per heavy atom. The number of nitrogens with zero attached hydrogens (tertiary/aromatic N) is 1. The lowest BCUT2D eigenvalue weighted by Crippen LogP contribution is -1.86. The van der Waals surface area contributed by atoms with Gasteiger partial charge in [0.1, 0.15) is 6.07 Å². The molecule has 0 aromatic carbocycles. The summed E-state index contributed by atoms with van der Waals surface area (Å²) in [5.41, 5.74) is 1.17. The van der Waals surface area contributed by atoms with Crippen LogP contribution in [0.15, 0.2) is 11.1 Å². The third-order valence-electron chi connectivity index (χ3n) is 1.32. The highest BCUT2D eigenvalue weighted by molar-refractivity contribution is 5.80. The van der Waals surface area contributed by atoms with Crippen molar-refractivity contribution in [2.24, 2.45) is 0 Å². The highest BCUT2D eigenvalue weighted by Gasteiger charge is 1.97. The Labute approximate surface area is 61.2 Å². The van der Waals surface area contributed by atoms with Gasteiger partial charge in [0.25, 0.3) is 0 Å². The number of carbonyl (C=O) groups is 1. The van der Waals surface area contributed by atoms with Crippen molar-refractivity contribution >= 4 is 6.29 Å². The van der Waals surface area contributed by atoms with Gasteiger partial charge in [0.15, 0.2) is 6.29 Å². The lowest BCUT2D eigenvalue weighted by atomic mass is 10.1. The number of hydrogen-bond acceptors (Lipinski definition) is 2. The molecule has 0 heterocycles. The minimum atomic E-state index is 0.279. The van der Waals surface area contributed by atoms with Crippen LogP contribution in [0.2, 0.25) is 0 Å². The first-order chi connectivity index (χ1) is 4.76. The smallest absolute Gasteiger partial charge is 0.160 e. The molecule has 0 saturated carbocycles. The Bertz CT molecular complexity index is 186. The minimum Gasteiger partial charge on any atom is -0.297 e. The molecule has 0 bridgehead atoms. The van der Waals surface area contributed by atoms with E-state index in [0.29, 0.717) is 6.29 Å². The van der Waals surface area contributed by atoms with Crippen LogP contribution in [0.1, 0.15) is 26.7 Å². The summed E-state index contributed by atoms with van der Waals surface area (Å²) in [6.07, 6.45) is 2.43. The molecular formula is C8H11NO. The topological polar surface area (TPSA) is 40.9 Å². The van der Waals surface area contributed by atoms with Crippen LogP contribution >= 0.6 is 0 Å². The monoisotopic (exact) mass is 137 g/mol. The average molecular weight is 137 g/mol. The van der Waals surface area contributed by atoms with Crippen molar-refractivity contribution in [3.05, 3.63) is 11.1 Å². The van der Waals surface area contributed by atoms with Gasteiger partial charge in [-0.3, -0.25) is 4.79 Å². The molecule has 0 aliphatic rings. The van der Waals surface area contributed by atoms with Gasteiger partial charge in [-0.25, -0.2) is 0 Å². The van der Waals surface area contributed by atoms with Crippen LogP contribution in [0.25, 0.3) is 0 Å². The van der Waals surface area contributed by atoms with Gasteiger partial charge in [0.05, 0.1) is 5.57 Å². The minimum absolute atomic E-state index is 0.279. The van der Waals surface area contributed by atoms with E-state index in [-0.39, 0.29) is 5.57 Å². The van der Waals surface area contributed by atoms with Gasteiger partial charge in [-0.05, 0) is 13.3 Å². The lowest BCUT2D eigenvalue weighted by molar-refractivity contribution is -0.104. The molecule has 0 radical (unpaired) electrons. The van der Waals surface area contributed by atoms with Gasteiger partial charge < -0.3 is 0 Å². The number of carbonyl (C=O) groups excluding carboxylic acids is 1. The molecule has 0 fully saturated rings. The molecule has 0 atom stereocenters. The average Bonchev–Trinajstić information content (AvgIpc) is 1.91. The highest BCUT2D eigenvalue weighted by Crippen LogP contribution is 2.07. The number of rotatable bonds is 3. The van der Waals surface area contributed by atoms with Gasteiger partial charge >= 0.3 is 0 Å². The van der Waals surface area contributed by atoms with Crippen LogP contribution in [-0.2, 0) is 4.79 Å². The van der Waals surface area contributed by atoms with Crippen molar-refractivity contribution in [3.8, 4) is 6.07 Å². The molecule has 0 aliphatic carbocycles. The fourth-order valence-corrected chi connectivity index (χ4v) is 0.732. The van der Waals surface area contributed by atoms with Crippen molar-refractivity contribution < 1.29 is 4.79 Å². The van der Waals surface area contributed by atoms with Crippen LogP contribution in [0.5, 0.6) is 0 Å². The van der Waals surface area contributed by atoms with Crippen molar-refractivity contribution in [1.82, 2.24) is 0 Å². The van der Waals surface area contributed by atoms with E-state index in [2.05, 4.69) is 0 Å². The maximum Gasteiger partial charge on any atom is 0.160 e. The van der Waals surface area contributed by atoms with Gasteiger partial charge in [-0.15, -0.1) is 0 Å². The van der Waals surface area contributed by atoms with Gasteiger partial charge in [0, 0.05) is 0 Å². The summed E-state index contributed by atoms with van der Waals surface area (Å²) in [7, 11) is 0. The maximum atomic E-state index is 10.2. The van der Waals surface area contributed by atoms with Crippen LogP contribution in [0, 0.1) is 11.3 Å². The predicted molar refractivity (Wildman–Crippen MR) is 39.3 cm³/mol. The summed E-state index contributed by atoms with van der Waals surface area (Å²) in [6, 6.07) is 1.85. The Balaban J connectivity index is 4.31. The fourth-order valence-electron chi connectivity index (χ4n) is 0.732. The molecule has 0 saturated heterocycles. The number of hydrogen-bond donors (Lipinski definition) is 0. The second-order valence-corrected chi connectivity index (χ2v) is 2.17. The van der Waals surface area contributed by atoms with E-state index in [1.165, 1.54) is 0 Å². The first-order valence-electron chi connectivity index (χ1n) is 3.31. The fraction of sp³-hybridized carbons (Fsp3) is 0.500. The molecule has 2 heteroatoms. The van der Waals surface area contributed by atoms with Gasteiger partial charge in [-0.1, -0.05) is 18.9 Å². The molecule has 0 spiro atoms. The first kappa shape index (κ1) is 8.90. The Kier molecular flexibility index (Phi) is 4.23. The quantitative estimate of drug-likeness (QED) is 0.338. The molecule has 0 N–H and O–H groups in total. The summed E-state index contributed by atoms with van der Waals surface area (Å²) in [6.45, 7) is 3.83. The van der Waals surface area contributed by atoms with Crippen molar-refractivity contribution in [3.63, 3.8) is 0 Å². The predicted octanol–water partition coefficient (Wildman–Crippen LogP) is 1.83. The molecule has 0 rings (SSSR count). The Morgan fingerprint density at radius 2 is 2.30 bits per heavy atom. The summed E-state index contributed by atoms with van der Waals surface area (Å²) in [4.78, 5) is 10.2. The number of nitriles is 1. The summed E-state index contributed by atoms with van der Waals surface area (Å²) < 4.78 is 0. The van der Waals surface area contributed by atoms with Crippen LogP contribution in [0.3, 0.4) is 0 Å². The summed E-state index contributed by atoms with van der Waals surface area (Å²) in [5.74, 6) is 0. The van der Waals surface area contributed by atoms with E-state index in [1.54, 1.807) is 0 Å². The zero-order valence-electron chi connectivity index (χ0n) is 6.35. The lowest BCUT2D eigenvalue weighted by Gasteiger charge is -1.95. The third-order valence-corrected chi connectivity index (χ3v) is 1.32.